The Morgan fingerprint density at radius 2 is 2.00 bits per heavy atom. The fourth-order valence-electron chi connectivity index (χ4n) is 1.06. The van der Waals surface area contributed by atoms with Gasteiger partial charge in [0.15, 0.2) is 0 Å². The highest BCUT2D eigenvalue weighted by atomic mass is 16.2. The number of benzene rings is 1. The minimum Gasteiger partial charge on any atom is -0.341 e. The maximum absolute atomic E-state index is 11.0. The van der Waals surface area contributed by atoms with Crippen molar-refractivity contribution in [2.24, 2.45) is 0 Å². The molecule has 0 atom stereocenters. The number of aryl methyl sites for hydroxylation is 2. The SMILES string of the molecule is CNC(=O)Nc1cc(C)ccc1C. The second-order valence-corrected chi connectivity index (χ2v) is 3.02. The smallest absolute Gasteiger partial charge is 0.318 e. The highest BCUT2D eigenvalue weighted by Crippen LogP contribution is 2.15. The molecule has 0 saturated heterocycles. The summed E-state index contributed by atoms with van der Waals surface area (Å²) in [7, 11) is 1.60. The minimum atomic E-state index is -0.186. The monoisotopic (exact) mass is 178 g/mol. The summed E-state index contributed by atoms with van der Waals surface area (Å²) in [5.74, 6) is 0. The Hall–Kier alpha value is -1.51. The van der Waals surface area contributed by atoms with Gasteiger partial charge in [-0.3, -0.25) is 0 Å². The Morgan fingerprint density at radius 3 is 2.62 bits per heavy atom. The summed E-state index contributed by atoms with van der Waals surface area (Å²) in [6.45, 7) is 3.96. The lowest BCUT2D eigenvalue weighted by Gasteiger charge is -2.08. The molecule has 13 heavy (non-hydrogen) atoms. The van der Waals surface area contributed by atoms with E-state index in [4.69, 9.17) is 0 Å². The van der Waals surface area contributed by atoms with Crippen LogP contribution in [0.1, 0.15) is 11.1 Å². The van der Waals surface area contributed by atoms with Gasteiger partial charge >= 0.3 is 6.03 Å². The summed E-state index contributed by atoms with van der Waals surface area (Å²) in [5, 5.41) is 5.26. The van der Waals surface area contributed by atoms with E-state index in [1.807, 2.05) is 32.0 Å². The zero-order chi connectivity index (χ0) is 9.84. The van der Waals surface area contributed by atoms with E-state index in [0.717, 1.165) is 16.8 Å². The largest absolute Gasteiger partial charge is 0.341 e. The van der Waals surface area contributed by atoms with Crippen molar-refractivity contribution in [3.63, 3.8) is 0 Å². The number of amides is 2. The quantitative estimate of drug-likeness (QED) is 0.679. The number of hydrogen-bond donors (Lipinski definition) is 2. The van der Waals surface area contributed by atoms with Crippen molar-refractivity contribution in [3.05, 3.63) is 29.3 Å². The average molecular weight is 178 g/mol. The van der Waals surface area contributed by atoms with Gasteiger partial charge in [-0.1, -0.05) is 12.1 Å². The molecule has 0 unspecified atom stereocenters. The molecule has 70 valence electrons. The first-order valence-corrected chi connectivity index (χ1v) is 4.19. The van der Waals surface area contributed by atoms with Gasteiger partial charge in [0.2, 0.25) is 0 Å². The van der Waals surface area contributed by atoms with Crippen LogP contribution in [0.3, 0.4) is 0 Å². The predicted molar refractivity (Wildman–Crippen MR) is 54.0 cm³/mol. The van der Waals surface area contributed by atoms with Crippen LogP contribution >= 0.6 is 0 Å². The van der Waals surface area contributed by atoms with Crippen molar-refractivity contribution in [2.45, 2.75) is 13.8 Å². The van der Waals surface area contributed by atoms with E-state index in [0.29, 0.717) is 0 Å². The molecule has 1 aromatic rings. The number of carbonyl (C=O) groups is 1. The van der Waals surface area contributed by atoms with Gasteiger partial charge in [0, 0.05) is 12.7 Å². The van der Waals surface area contributed by atoms with Gasteiger partial charge in [0.05, 0.1) is 0 Å². The summed E-state index contributed by atoms with van der Waals surface area (Å²) < 4.78 is 0. The first-order chi connectivity index (χ1) is 6.13. The van der Waals surface area contributed by atoms with Crippen LogP contribution in [-0.4, -0.2) is 13.1 Å². The summed E-state index contributed by atoms with van der Waals surface area (Å²) in [6, 6.07) is 5.77. The number of rotatable bonds is 1. The molecule has 0 saturated carbocycles. The molecule has 0 aliphatic carbocycles. The van der Waals surface area contributed by atoms with Crippen LogP contribution in [0.25, 0.3) is 0 Å². The standard InChI is InChI=1S/C10H14N2O/c1-7-4-5-8(2)9(6-7)12-10(13)11-3/h4-6H,1-3H3,(H2,11,12,13). The number of nitrogens with one attached hydrogen (secondary N) is 2. The van der Waals surface area contributed by atoms with Crippen LogP contribution in [0.2, 0.25) is 0 Å². The number of anilines is 1. The Bertz CT molecular complexity index is 321. The van der Waals surface area contributed by atoms with Crippen molar-refractivity contribution >= 4 is 11.7 Å². The van der Waals surface area contributed by atoms with Gasteiger partial charge in [-0.15, -0.1) is 0 Å². The van der Waals surface area contributed by atoms with E-state index in [1.54, 1.807) is 7.05 Å². The van der Waals surface area contributed by atoms with E-state index < -0.39 is 0 Å². The van der Waals surface area contributed by atoms with Crippen molar-refractivity contribution in [1.82, 2.24) is 5.32 Å². The highest BCUT2D eigenvalue weighted by molar-refractivity contribution is 5.89. The average Bonchev–Trinajstić information content (AvgIpc) is 2.11. The molecule has 1 rings (SSSR count). The molecule has 0 aliphatic rings. The topological polar surface area (TPSA) is 41.1 Å². The fourth-order valence-corrected chi connectivity index (χ4v) is 1.06. The molecule has 0 radical (unpaired) electrons. The van der Waals surface area contributed by atoms with E-state index >= 15 is 0 Å². The second-order valence-electron chi connectivity index (χ2n) is 3.02. The molecule has 0 aliphatic heterocycles. The molecule has 0 bridgehead atoms. The highest BCUT2D eigenvalue weighted by Gasteiger charge is 2.01. The predicted octanol–water partition coefficient (Wildman–Crippen LogP) is 2.05. The molecule has 0 spiro atoms. The van der Waals surface area contributed by atoms with E-state index in [-0.39, 0.29) is 6.03 Å². The summed E-state index contributed by atoms with van der Waals surface area (Å²) in [6.07, 6.45) is 0. The Balaban J connectivity index is 2.87. The van der Waals surface area contributed by atoms with Crippen LogP contribution in [-0.2, 0) is 0 Å². The first kappa shape index (κ1) is 9.58. The molecule has 0 fully saturated rings. The van der Waals surface area contributed by atoms with Crippen LogP contribution in [0.15, 0.2) is 18.2 Å². The van der Waals surface area contributed by atoms with Crippen molar-refractivity contribution in [1.29, 1.82) is 0 Å². The maximum Gasteiger partial charge on any atom is 0.318 e. The van der Waals surface area contributed by atoms with Crippen molar-refractivity contribution in [2.75, 3.05) is 12.4 Å². The zero-order valence-corrected chi connectivity index (χ0v) is 8.14. The van der Waals surface area contributed by atoms with Gasteiger partial charge in [0.25, 0.3) is 0 Å². The van der Waals surface area contributed by atoms with Crippen molar-refractivity contribution < 1.29 is 4.79 Å². The van der Waals surface area contributed by atoms with E-state index in [9.17, 15) is 4.79 Å². The first-order valence-electron chi connectivity index (χ1n) is 4.19. The molecule has 0 heterocycles. The van der Waals surface area contributed by atoms with Crippen LogP contribution in [0.4, 0.5) is 10.5 Å². The van der Waals surface area contributed by atoms with E-state index in [2.05, 4.69) is 10.6 Å². The molecule has 2 amide bonds. The summed E-state index contributed by atoms with van der Waals surface area (Å²) >= 11 is 0. The normalized spacial score (nSPS) is 9.46. The maximum atomic E-state index is 11.0. The fraction of sp³-hybridized carbons (Fsp3) is 0.300. The van der Waals surface area contributed by atoms with Crippen molar-refractivity contribution in [3.8, 4) is 0 Å². The third kappa shape index (κ3) is 2.47. The Morgan fingerprint density at radius 1 is 1.31 bits per heavy atom. The van der Waals surface area contributed by atoms with Crippen LogP contribution in [0.5, 0.6) is 0 Å². The minimum absolute atomic E-state index is 0.186. The molecule has 1 aromatic carbocycles. The summed E-state index contributed by atoms with van der Waals surface area (Å²) in [4.78, 5) is 11.0. The van der Waals surface area contributed by atoms with Crippen LogP contribution < -0.4 is 10.6 Å². The lowest BCUT2D eigenvalue weighted by atomic mass is 10.1. The molecular weight excluding hydrogens is 164 g/mol. The Labute approximate surface area is 78.2 Å². The van der Waals surface area contributed by atoms with Gasteiger partial charge in [-0.05, 0) is 31.0 Å². The van der Waals surface area contributed by atoms with Gasteiger partial charge < -0.3 is 10.6 Å². The zero-order valence-electron chi connectivity index (χ0n) is 8.14. The third-order valence-electron chi connectivity index (χ3n) is 1.87. The summed E-state index contributed by atoms with van der Waals surface area (Å²) in [5.41, 5.74) is 3.06. The van der Waals surface area contributed by atoms with Gasteiger partial charge in [-0.25, -0.2) is 4.79 Å². The number of hydrogen-bond acceptors (Lipinski definition) is 1. The number of urea groups is 1. The second kappa shape index (κ2) is 3.94. The molecular formula is C10H14N2O. The Kier molecular flexibility index (Phi) is 2.90. The molecule has 2 N–H and O–H groups in total. The third-order valence-corrected chi connectivity index (χ3v) is 1.87. The molecule has 3 nitrogen and oxygen atoms in total. The van der Waals surface area contributed by atoms with Crippen LogP contribution in [0, 0.1) is 13.8 Å². The molecule has 3 heteroatoms. The lowest BCUT2D eigenvalue weighted by Crippen LogP contribution is -2.24. The van der Waals surface area contributed by atoms with E-state index in [1.165, 1.54) is 0 Å². The van der Waals surface area contributed by atoms with Gasteiger partial charge in [0.1, 0.15) is 0 Å². The van der Waals surface area contributed by atoms with Gasteiger partial charge in [-0.2, -0.15) is 0 Å². The molecule has 0 aromatic heterocycles. The lowest BCUT2D eigenvalue weighted by molar-refractivity contribution is 0.254. The number of carbonyl (C=O) groups excluding carboxylic acids is 1.